The van der Waals surface area contributed by atoms with Crippen LogP contribution in [0, 0.1) is 0 Å². The SMILES string of the molecule is NC1CNc2ccc(C(=O)Cl)cc2C1. The molecule has 1 aliphatic rings. The van der Waals surface area contributed by atoms with Crippen LogP contribution in [-0.4, -0.2) is 17.8 Å². The normalized spacial score (nSPS) is 19.7. The highest BCUT2D eigenvalue weighted by Crippen LogP contribution is 2.23. The number of hydrogen-bond donors (Lipinski definition) is 2. The molecule has 2 rings (SSSR count). The maximum absolute atomic E-state index is 10.9. The standard InChI is InChI=1S/C10H11ClN2O/c11-10(14)6-1-2-9-7(3-6)4-8(12)5-13-9/h1-3,8,13H,4-5,12H2. The molecule has 0 amide bonds. The summed E-state index contributed by atoms with van der Waals surface area (Å²) >= 11 is 5.39. The van der Waals surface area contributed by atoms with Gasteiger partial charge in [-0.25, -0.2) is 0 Å². The quantitative estimate of drug-likeness (QED) is 0.689. The van der Waals surface area contributed by atoms with Crippen LogP contribution in [0.4, 0.5) is 5.69 Å². The molecule has 0 spiro atoms. The van der Waals surface area contributed by atoms with Crippen molar-refractivity contribution in [3.63, 3.8) is 0 Å². The van der Waals surface area contributed by atoms with Crippen molar-refractivity contribution >= 4 is 22.5 Å². The number of nitrogens with two attached hydrogens (primary N) is 1. The van der Waals surface area contributed by atoms with Gasteiger partial charge in [-0.2, -0.15) is 0 Å². The highest BCUT2D eigenvalue weighted by molar-refractivity contribution is 6.67. The van der Waals surface area contributed by atoms with Crippen molar-refractivity contribution in [1.82, 2.24) is 0 Å². The summed E-state index contributed by atoms with van der Waals surface area (Å²) in [5.41, 5.74) is 8.44. The molecule has 1 aromatic carbocycles. The number of fused-ring (bicyclic) bond motifs is 1. The molecule has 4 heteroatoms. The van der Waals surface area contributed by atoms with Crippen molar-refractivity contribution in [3.8, 4) is 0 Å². The van der Waals surface area contributed by atoms with Crippen LogP contribution in [0.2, 0.25) is 0 Å². The Morgan fingerprint density at radius 3 is 3.07 bits per heavy atom. The topological polar surface area (TPSA) is 55.1 Å². The summed E-state index contributed by atoms with van der Waals surface area (Å²) in [6.45, 7) is 0.779. The van der Waals surface area contributed by atoms with Gasteiger partial charge < -0.3 is 11.1 Å². The predicted octanol–water partition coefficient (Wildman–Crippen LogP) is 1.36. The molecule has 1 aromatic rings. The van der Waals surface area contributed by atoms with E-state index in [4.69, 9.17) is 17.3 Å². The van der Waals surface area contributed by atoms with E-state index < -0.39 is 5.24 Å². The number of rotatable bonds is 1. The number of carbonyl (C=O) groups excluding carboxylic acids is 1. The Morgan fingerprint density at radius 2 is 2.36 bits per heavy atom. The molecule has 1 aliphatic heterocycles. The molecule has 1 heterocycles. The van der Waals surface area contributed by atoms with Gasteiger partial charge in [-0.1, -0.05) is 0 Å². The fraction of sp³-hybridized carbons (Fsp3) is 0.300. The molecule has 0 radical (unpaired) electrons. The molecule has 3 nitrogen and oxygen atoms in total. The molecule has 0 saturated heterocycles. The minimum atomic E-state index is -0.424. The number of anilines is 1. The highest BCUT2D eigenvalue weighted by atomic mass is 35.5. The first-order valence-corrected chi connectivity index (χ1v) is 4.87. The van der Waals surface area contributed by atoms with Gasteiger partial charge in [-0.15, -0.1) is 0 Å². The van der Waals surface area contributed by atoms with Crippen molar-refractivity contribution in [3.05, 3.63) is 29.3 Å². The molecule has 0 fully saturated rings. The second-order valence-corrected chi connectivity index (χ2v) is 3.83. The van der Waals surface area contributed by atoms with Crippen molar-refractivity contribution in [2.45, 2.75) is 12.5 Å². The average Bonchev–Trinajstić information content (AvgIpc) is 2.16. The van der Waals surface area contributed by atoms with Crippen LogP contribution >= 0.6 is 11.6 Å². The van der Waals surface area contributed by atoms with Gasteiger partial charge in [0.1, 0.15) is 0 Å². The maximum atomic E-state index is 10.9. The first-order valence-electron chi connectivity index (χ1n) is 4.49. The second kappa shape index (κ2) is 3.59. The van der Waals surface area contributed by atoms with Gasteiger partial charge in [-0.3, -0.25) is 4.79 Å². The van der Waals surface area contributed by atoms with Crippen molar-refractivity contribution in [2.75, 3.05) is 11.9 Å². The summed E-state index contributed by atoms with van der Waals surface area (Å²) in [6, 6.07) is 5.51. The zero-order chi connectivity index (χ0) is 10.1. The van der Waals surface area contributed by atoms with Gasteiger partial charge in [0.2, 0.25) is 0 Å². The summed E-state index contributed by atoms with van der Waals surface area (Å²) in [5, 5.41) is 2.78. The van der Waals surface area contributed by atoms with Crippen LogP contribution < -0.4 is 11.1 Å². The highest BCUT2D eigenvalue weighted by Gasteiger charge is 2.15. The molecule has 74 valence electrons. The van der Waals surface area contributed by atoms with E-state index >= 15 is 0 Å². The third kappa shape index (κ3) is 1.74. The van der Waals surface area contributed by atoms with Gasteiger partial charge in [0.15, 0.2) is 0 Å². The lowest BCUT2D eigenvalue weighted by Crippen LogP contribution is -2.35. The third-order valence-corrected chi connectivity index (χ3v) is 2.59. The van der Waals surface area contributed by atoms with E-state index in [0.717, 1.165) is 24.2 Å². The molecular formula is C10H11ClN2O. The number of nitrogens with one attached hydrogen (secondary N) is 1. The van der Waals surface area contributed by atoms with E-state index in [1.165, 1.54) is 0 Å². The Kier molecular flexibility index (Phi) is 2.44. The van der Waals surface area contributed by atoms with Gasteiger partial charge in [0.05, 0.1) is 0 Å². The molecule has 0 aromatic heterocycles. The third-order valence-electron chi connectivity index (χ3n) is 2.37. The number of halogens is 1. The predicted molar refractivity (Wildman–Crippen MR) is 56.8 cm³/mol. The van der Waals surface area contributed by atoms with Crippen LogP contribution in [0.3, 0.4) is 0 Å². The molecule has 0 saturated carbocycles. The second-order valence-electron chi connectivity index (χ2n) is 3.49. The van der Waals surface area contributed by atoms with E-state index in [-0.39, 0.29) is 6.04 Å². The summed E-state index contributed by atoms with van der Waals surface area (Å²) in [7, 11) is 0. The van der Waals surface area contributed by atoms with Gasteiger partial charge in [-0.05, 0) is 41.8 Å². The minimum Gasteiger partial charge on any atom is -0.383 e. The summed E-state index contributed by atoms with van der Waals surface area (Å²) in [4.78, 5) is 10.9. The lowest BCUT2D eigenvalue weighted by molar-refractivity contribution is 0.108. The van der Waals surface area contributed by atoms with Crippen LogP contribution in [0.5, 0.6) is 0 Å². The zero-order valence-corrected chi connectivity index (χ0v) is 8.34. The van der Waals surface area contributed by atoms with E-state index in [2.05, 4.69) is 5.32 Å². The molecule has 14 heavy (non-hydrogen) atoms. The van der Waals surface area contributed by atoms with Gasteiger partial charge in [0, 0.05) is 23.8 Å². The average molecular weight is 211 g/mol. The number of hydrogen-bond acceptors (Lipinski definition) is 3. The summed E-state index contributed by atoms with van der Waals surface area (Å²) in [6.07, 6.45) is 0.792. The minimum absolute atomic E-state index is 0.114. The Balaban J connectivity index is 2.37. The van der Waals surface area contributed by atoms with Crippen molar-refractivity contribution < 1.29 is 4.79 Å². The molecule has 3 N–H and O–H groups in total. The molecular weight excluding hydrogens is 200 g/mol. The molecule has 1 unspecified atom stereocenters. The first kappa shape index (κ1) is 9.49. The summed E-state index contributed by atoms with van der Waals surface area (Å²) in [5.74, 6) is 0. The summed E-state index contributed by atoms with van der Waals surface area (Å²) < 4.78 is 0. The lowest BCUT2D eigenvalue weighted by atomic mass is 9.98. The first-order chi connectivity index (χ1) is 6.66. The van der Waals surface area contributed by atoms with E-state index in [1.54, 1.807) is 12.1 Å². The Hall–Kier alpha value is -1.06. The Bertz CT molecular complexity index is 378. The van der Waals surface area contributed by atoms with Crippen LogP contribution in [0.1, 0.15) is 15.9 Å². The van der Waals surface area contributed by atoms with Crippen LogP contribution in [0.15, 0.2) is 18.2 Å². The number of benzene rings is 1. The fourth-order valence-corrected chi connectivity index (χ4v) is 1.77. The lowest BCUT2D eigenvalue weighted by Gasteiger charge is -2.23. The fourth-order valence-electron chi connectivity index (χ4n) is 1.65. The monoisotopic (exact) mass is 210 g/mol. The van der Waals surface area contributed by atoms with Gasteiger partial charge in [0.25, 0.3) is 5.24 Å². The van der Waals surface area contributed by atoms with Crippen LogP contribution in [-0.2, 0) is 6.42 Å². The molecule has 0 aliphatic carbocycles. The zero-order valence-electron chi connectivity index (χ0n) is 7.59. The molecule has 0 bridgehead atoms. The van der Waals surface area contributed by atoms with Crippen molar-refractivity contribution in [2.24, 2.45) is 5.73 Å². The maximum Gasteiger partial charge on any atom is 0.252 e. The smallest absolute Gasteiger partial charge is 0.252 e. The Morgan fingerprint density at radius 1 is 1.57 bits per heavy atom. The van der Waals surface area contributed by atoms with E-state index in [0.29, 0.717) is 5.56 Å². The van der Waals surface area contributed by atoms with E-state index in [1.807, 2.05) is 6.07 Å². The van der Waals surface area contributed by atoms with Crippen LogP contribution in [0.25, 0.3) is 0 Å². The largest absolute Gasteiger partial charge is 0.383 e. The van der Waals surface area contributed by atoms with E-state index in [9.17, 15) is 4.79 Å². The Labute approximate surface area is 87.2 Å². The molecule has 1 atom stereocenters. The number of carbonyl (C=O) groups is 1. The van der Waals surface area contributed by atoms with Gasteiger partial charge >= 0.3 is 0 Å². The van der Waals surface area contributed by atoms with Crippen molar-refractivity contribution in [1.29, 1.82) is 0 Å².